The van der Waals surface area contributed by atoms with Crippen LogP contribution in [-0.4, -0.2) is 20.7 Å². The van der Waals surface area contributed by atoms with Crippen molar-refractivity contribution < 1.29 is 4.79 Å². The molecule has 5 nitrogen and oxygen atoms in total. The van der Waals surface area contributed by atoms with Crippen molar-refractivity contribution in [1.29, 1.82) is 0 Å². The molecule has 5 heteroatoms. The Hall–Kier alpha value is -3.47. The van der Waals surface area contributed by atoms with E-state index in [1.807, 2.05) is 42.5 Å². The smallest absolute Gasteiger partial charge is 0.228 e. The third kappa shape index (κ3) is 5.46. The van der Waals surface area contributed by atoms with Crippen molar-refractivity contribution in [3.63, 3.8) is 0 Å². The van der Waals surface area contributed by atoms with E-state index in [-0.39, 0.29) is 5.91 Å². The molecule has 2 saturated carbocycles. The summed E-state index contributed by atoms with van der Waals surface area (Å²) in [5.41, 5.74) is 6.49. The van der Waals surface area contributed by atoms with E-state index in [0.29, 0.717) is 18.3 Å². The van der Waals surface area contributed by atoms with Gasteiger partial charge in [0.1, 0.15) is 0 Å². The summed E-state index contributed by atoms with van der Waals surface area (Å²) in [7, 11) is 0. The lowest BCUT2D eigenvalue weighted by Gasteiger charge is -2.22. The molecule has 1 amide bonds. The van der Waals surface area contributed by atoms with Gasteiger partial charge < -0.3 is 5.32 Å². The fraction of sp³-hybridized carbons (Fsp3) is 0.406. The summed E-state index contributed by atoms with van der Waals surface area (Å²) < 4.78 is 2.20. The van der Waals surface area contributed by atoms with Gasteiger partial charge in [0.25, 0.3) is 0 Å². The number of nitrogens with one attached hydrogen (secondary N) is 1. The quantitative estimate of drug-likeness (QED) is 0.300. The van der Waals surface area contributed by atoms with Crippen LogP contribution in [0.15, 0.2) is 66.9 Å². The third-order valence-corrected chi connectivity index (χ3v) is 8.23. The van der Waals surface area contributed by atoms with Crippen LogP contribution in [0.1, 0.15) is 93.0 Å². The number of carbonyl (C=O) groups excluding carboxylic acids is 1. The van der Waals surface area contributed by atoms with Crippen molar-refractivity contribution in [3.8, 4) is 5.69 Å². The van der Waals surface area contributed by atoms with Gasteiger partial charge in [0.2, 0.25) is 5.91 Å². The van der Waals surface area contributed by atoms with Crippen LogP contribution in [0.4, 0.5) is 5.69 Å². The zero-order valence-corrected chi connectivity index (χ0v) is 21.5. The van der Waals surface area contributed by atoms with Crippen molar-refractivity contribution in [2.75, 3.05) is 5.32 Å². The number of hydrogen-bond donors (Lipinski definition) is 1. The Balaban J connectivity index is 1.18. The normalized spacial score (nSPS) is 17.2. The molecular formula is C32H36N4O. The average Bonchev–Trinajstić information content (AvgIpc) is 3.40. The minimum atomic E-state index is -0.0161. The van der Waals surface area contributed by atoms with Crippen molar-refractivity contribution >= 4 is 22.5 Å². The van der Waals surface area contributed by atoms with Gasteiger partial charge in [-0.3, -0.25) is 9.78 Å². The van der Waals surface area contributed by atoms with Gasteiger partial charge in [-0.1, -0.05) is 50.7 Å². The second-order valence-electron chi connectivity index (χ2n) is 10.9. The molecule has 2 fully saturated rings. The number of nitrogens with zero attached hydrogens (tertiary/aromatic N) is 3. The molecule has 190 valence electrons. The first-order valence-electron chi connectivity index (χ1n) is 14.1. The first-order chi connectivity index (χ1) is 18.2. The molecule has 2 aromatic carbocycles. The van der Waals surface area contributed by atoms with Gasteiger partial charge in [-0.25, -0.2) is 4.68 Å². The molecule has 4 aromatic rings. The predicted molar refractivity (Wildman–Crippen MR) is 149 cm³/mol. The second kappa shape index (κ2) is 10.9. The van der Waals surface area contributed by atoms with E-state index < -0.39 is 0 Å². The Morgan fingerprint density at radius 1 is 0.838 bits per heavy atom. The minimum absolute atomic E-state index is 0.0161. The summed E-state index contributed by atoms with van der Waals surface area (Å²) in [6, 6.07) is 20.6. The van der Waals surface area contributed by atoms with E-state index in [9.17, 15) is 4.79 Å². The van der Waals surface area contributed by atoms with Gasteiger partial charge in [-0.2, -0.15) is 5.10 Å². The largest absolute Gasteiger partial charge is 0.326 e. The number of anilines is 1. The van der Waals surface area contributed by atoms with Gasteiger partial charge >= 0.3 is 0 Å². The fourth-order valence-electron chi connectivity index (χ4n) is 6.22. The lowest BCUT2D eigenvalue weighted by atomic mass is 9.84. The predicted octanol–water partition coefficient (Wildman–Crippen LogP) is 7.70. The molecule has 2 heterocycles. The van der Waals surface area contributed by atoms with E-state index in [1.165, 1.54) is 75.6 Å². The second-order valence-corrected chi connectivity index (χ2v) is 10.9. The van der Waals surface area contributed by atoms with Gasteiger partial charge in [0, 0.05) is 34.8 Å². The van der Waals surface area contributed by atoms with Gasteiger partial charge in [0.05, 0.1) is 23.3 Å². The maximum absolute atomic E-state index is 12.8. The third-order valence-electron chi connectivity index (χ3n) is 8.23. The highest BCUT2D eigenvalue weighted by molar-refractivity contribution is 5.93. The highest BCUT2D eigenvalue weighted by Gasteiger charge is 2.25. The van der Waals surface area contributed by atoms with Crippen molar-refractivity contribution in [2.45, 2.75) is 82.5 Å². The zero-order chi connectivity index (χ0) is 25.0. The highest BCUT2D eigenvalue weighted by Crippen LogP contribution is 2.38. The van der Waals surface area contributed by atoms with E-state index in [0.717, 1.165) is 27.8 Å². The monoisotopic (exact) mass is 492 g/mol. The highest BCUT2D eigenvalue weighted by atomic mass is 16.1. The summed E-state index contributed by atoms with van der Waals surface area (Å²) >= 11 is 0. The van der Waals surface area contributed by atoms with Crippen LogP contribution < -0.4 is 5.32 Å². The summed E-state index contributed by atoms with van der Waals surface area (Å²) in [5.74, 6) is 1.18. The minimum Gasteiger partial charge on any atom is -0.326 e. The van der Waals surface area contributed by atoms with Crippen LogP contribution in [0.2, 0.25) is 0 Å². The molecule has 6 rings (SSSR count). The molecular weight excluding hydrogens is 456 g/mol. The first-order valence-corrected chi connectivity index (χ1v) is 14.1. The molecule has 2 aliphatic rings. The van der Waals surface area contributed by atoms with Crippen LogP contribution in [0.25, 0.3) is 16.6 Å². The van der Waals surface area contributed by atoms with Gasteiger partial charge in [-0.15, -0.1) is 0 Å². The molecule has 0 radical (unpaired) electrons. The van der Waals surface area contributed by atoms with Crippen LogP contribution in [0.3, 0.4) is 0 Å². The molecule has 1 N–H and O–H groups in total. The molecule has 0 unspecified atom stereocenters. The molecule has 0 spiro atoms. The number of benzene rings is 2. The first kappa shape index (κ1) is 23.9. The Morgan fingerprint density at radius 3 is 2.32 bits per heavy atom. The summed E-state index contributed by atoms with van der Waals surface area (Å²) in [5, 5.41) is 9.30. The summed E-state index contributed by atoms with van der Waals surface area (Å²) in [4.78, 5) is 17.1. The lowest BCUT2D eigenvalue weighted by molar-refractivity contribution is -0.115. The van der Waals surface area contributed by atoms with Crippen LogP contribution in [-0.2, 0) is 11.2 Å². The van der Waals surface area contributed by atoms with E-state index in [2.05, 4.69) is 33.2 Å². The van der Waals surface area contributed by atoms with Crippen LogP contribution >= 0.6 is 0 Å². The maximum Gasteiger partial charge on any atom is 0.228 e. The van der Waals surface area contributed by atoms with Crippen molar-refractivity contribution in [3.05, 3.63) is 83.8 Å². The molecule has 37 heavy (non-hydrogen) atoms. The topological polar surface area (TPSA) is 59.8 Å². The Bertz CT molecular complexity index is 1360. The number of pyridine rings is 1. The number of hydrogen-bond acceptors (Lipinski definition) is 3. The van der Waals surface area contributed by atoms with E-state index in [4.69, 9.17) is 5.10 Å². The molecule has 2 aromatic heterocycles. The SMILES string of the molecule is O=C(Cc1ccc2ncccc2c1)Nc1ccc(-n2nc(C3CCCCC3)cc2C2CCCCC2)cc1. The van der Waals surface area contributed by atoms with Gasteiger partial charge in [-0.05, 0) is 79.8 Å². The molecule has 0 bridgehead atoms. The Labute approximate surface area is 219 Å². The number of aromatic nitrogens is 3. The van der Waals surface area contributed by atoms with E-state index >= 15 is 0 Å². The number of amides is 1. The summed E-state index contributed by atoms with van der Waals surface area (Å²) in [6.45, 7) is 0. The van der Waals surface area contributed by atoms with Crippen LogP contribution in [0.5, 0.6) is 0 Å². The molecule has 0 saturated heterocycles. The molecule has 2 aliphatic carbocycles. The van der Waals surface area contributed by atoms with Crippen LogP contribution in [0, 0.1) is 0 Å². The maximum atomic E-state index is 12.8. The summed E-state index contributed by atoms with van der Waals surface area (Å²) in [6.07, 6.45) is 15.1. The number of fused-ring (bicyclic) bond motifs is 1. The fourth-order valence-corrected chi connectivity index (χ4v) is 6.22. The van der Waals surface area contributed by atoms with Crippen molar-refractivity contribution in [2.24, 2.45) is 0 Å². The standard InChI is InChI=1S/C32H36N4O/c37-32(21-23-13-18-29-26(20-23)12-7-19-33-29)34-27-14-16-28(17-15-27)36-31(25-10-5-2-6-11-25)22-30(35-36)24-8-3-1-4-9-24/h7,12-20,22,24-25H,1-6,8-11,21H2,(H,34,37). The Kier molecular flexibility index (Phi) is 7.03. The molecule has 0 atom stereocenters. The van der Waals surface area contributed by atoms with E-state index in [1.54, 1.807) is 6.20 Å². The zero-order valence-electron chi connectivity index (χ0n) is 21.5. The average molecular weight is 493 g/mol. The molecule has 0 aliphatic heterocycles. The van der Waals surface area contributed by atoms with Gasteiger partial charge in [0.15, 0.2) is 0 Å². The Morgan fingerprint density at radius 2 is 1.57 bits per heavy atom. The van der Waals surface area contributed by atoms with Crippen molar-refractivity contribution in [1.82, 2.24) is 14.8 Å². The lowest BCUT2D eigenvalue weighted by Crippen LogP contribution is -2.14. The number of rotatable bonds is 6. The number of carbonyl (C=O) groups is 1.